The molecule has 3 heterocycles. The van der Waals surface area contributed by atoms with E-state index < -0.39 is 0 Å². The third kappa shape index (κ3) is 1.83. The van der Waals surface area contributed by atoms with E-state index in [4.69, 9.17) is 0 Å². The Labute approximate surface area is 126 Å². The third-order valence-corrected chi connectivity index (χ3v) is 3.82. The summed E-state index contributed by atoms with van der Waals surface area (Å²) in [4.78, 5) is 21.2. The minimum absolute atomic E-state index is 0.101. The number of hydrogen-bond acceptors (Lipinski definition) is 3. The van der Waals surface area contributed by atoms with Crippen LogP contribution in [0.4, 0.5) is 0 Å². The summed E-state index contributed by atoms with van der Waals surface area (Å²) < 4.78 is 1.54. The Hall–Kier alpha value is -2.95. The number of hydrogen-bond donors (Lipinski definition) is 1. The lowest BCUT2D eigenvalue weighted by Gasteiger charge is -2.02. The number of aromatic amines is 1. The van der Waals surface area contributed by atoms with Gasteiger partial charge in [0.25, 0.3) is 5.56 Å². The van der Waals surface area contributed by atoms with Gasteiger partial charge in [0.15, 0.2) is 0 Å². The van der Waals surface area contributed by atoms with Gasteiger partial charge in [0.05, 0.1) is 22.1 Å². The fourth-order valence-electron chi connectivity index (χ4n) is 2.72. The molecular weight excluding hydrogens is 276 g/mol. The highest BCUT2D eigenvalue weighted by atomic mass is 16.1. The average molecular weight is 290 g/mol. The number of aromatic nitrogens is 4. The van der Waals surface area contributed by atoms with Crippen LogP contribution in [-0.4, -0.2) is 19.7 Å². The van der Waals surface area contributed by atoms with Crippen LogP contribution in [0.2, 0.25) is 0 Å². The number of nitrogens with zero attached hydrogens (tertiary/aromatic N) is 3. The summed E-state index contributed by atoms with van der Waals surface area (Å²) in [5, 5.41) is 4.74. The number of nitrogens with one attached hydrogen (secondary N) is 1. The van der Waals surface area contributed by atoms with E-state index in [9.17, 15) is 4.79 Å². The van der Waals surface area contributed by atoms with E-state index in [0.29, 0.717) is 5.39 Å². The SMILES string of the molecule is Cc1ccc2c(c1)ncc1c(=O)n(-c3ccnc(C)c3)[nH]c12. The molecule has 5 nitrogen and oxygen atoms in total. The first-order chi connectivity index (χ1) is 10.6. The van der Waals surface area contributed by atoms with E-state index in [1.54, 1.807) is 17.1 Å². The maximum absolute atomic E-state index is 12.6. The fraction of sp³-hybridized carbons (Fsp3) is 0.118. The lowest BCUT2D eigenvalue weighted by atomic mass is 10.1. The molecule has 22 heavy (non-hydrogen) atoms. The molecule has 0 bridgehead atoms. The van der Waals surface area contributed by atoms with Crippen molar-refractivity contribution in [3.05, 3.63) is 64.3 Å². The molecule has 108 valence electrons. The zero-order valence-electron chi connectivity index (χ0n) is 12.3. The summed E-state index contributed by atoms with van der Waals surface area (Å²) in [5.74, 6) is 0. The number of fused-ring (bicyclic) bond motifs is 3. The van der Waals surface area contributed by atoms with Crippen molar-refractivity contribution in [2.24, 2.45) is 0 Å². The molecule has 0 unspecified atom stereocenters. The van der Waals surface area contributed by atoms with Gasteiger partial charge in [-0.2, -0.15) is 0 Å². The lowest BCUT2D eigenvalue weighted by molar-refractivity contribution is 0.859. The molecule has 4 aromatic rings. The summed E-state index contributed by atoms with van der Waals surface area (Å²) >= 11 is 0. The molecule has 1 N–H and O–H groups in total. The quantitative estimate of drug-likeness (QED) is 0.586. The Morgan fingerprint density at radius 1 is 1.05 bits per heavy atom. The van der Waals surface area contributed by atoms with Crippen molar-refractivity contribution < 1.29 is 0 Å². The summed E-state index contributed by atoms with van der Waals surface area (Å²) in [6, 6.07) is 9.72. The van der Waals surface area contributed by atoms with E-state index >= 15 is 0 Å². The Morgan fingerprint density at radius 2 is 1.91 bits per heavy atom. The summed E-state index contributed by atoms with van der Waals surface area (Å²) in [5.41, 5.74) is 4.37. The molecule has 1 aromatic carbocycles. The maximum Gasteiger partial charge on any atom is 0.280 e. The van der Waals surface area contributed by atoms with E-state index in [0.717, 1.165) is 33.4 Å². The van der Waals surface area contributed by atoms with Gasteiger partial charge in [-0.25, -0.2) is 4.68 Å². The molecule has 3 aromatic heterocycles. The van der Waals surface area contributed by atoms with Crippen LogP contribution in [-0.2, 0) is 0 Å². The summed E-state index contributed by atoms with van der Waals surface area (Å²) in [6.45, 7) is 3.93. The van der Waals surface area contributed by atoms with Gasteiger partial charge in [0, 0.05) is 23.5 Å². The first-order valence-corrected chi connectivity index (χ1v) is 7.06. The number of pyridine rings is 2. The lowest BCUT2D eigenvalue weighted by Crippen LogP contribution is -2.14. The van der Waals surface area contributed by atoms with Gasteiger partial charge in [0.2, 0.25) is 0 Å². The predicted octanol–water partition coefficient (Wildman–Crippen LogP) is 2.88. The Kier molecular flexibility index (Phi) is 2.63. The third-order valence-electron chi connectivity index (χ3n) is 3.82. The minimum Gasteiger partial charge on any atom is -0.290 e. The van der Waals surface area contributed by atoms with E-state index in [2.05, 4.69) is 15.1 Å². The van der Waals surface area contributed by atoms with Gasteiger partial charge in [0.1, 0.15) is 0 Å². The van der Waals surface area contributed by atoms with Crippen molar-refractivity contribution in [1.29, 1.82) is 0 Å². The summed E-state index contributed by atoms with van der Waals surface area (Å²) in [7, 11) is 0. The molecule has 0 fully saturated rings. The number of benzene rings is 1. The zero-order chi connectivity index (χ0) is 15.3. The highest BCUT2D eigenvalue weighted by molar-refractivity contribution is 6.02. The second-order valence-electron chi connectivity index (χ2n) is 5.48. The summed E-state index contributed by atoms with van der Waals surface area (Å²) in [6.07, 6.45) is 3.34. The molecule has 0 radical (unpaired) electrons. The minimum atomic E-state index is -0.101. The molecule has 0 atom stereocenters. The smallest absolute Gasteiger partial charge is 0.280 e. The molecule has 4 rings (SSSR count). The Bertz CT molecular complexity index is 1080. The first kappa shape index (κ1) is 12.8. The van der Waals surface area contributed by atoms with Crippen molar-refractivity contribution in [2.45, 2.75) is 13.8 Å². The van der Waals surface area contributed by atoms with Crippen LogP contribution in [0, 0.1) is 13.8 Å². The van der Waals surface area contributed by atoms with Crippen LogP contribution in [0.15, 0.2) is 47.5 Å². The molecule has 5 heteroatoms. The van der Waals surface area contributed by atoms with E-state index in [1.165, 1.54) is 0 Å². The van der Waals surface area contributed by atoms with Gasteiger partial charge >= 0.3 is 0 Å². The second-order valence-corrected chi connectivity index (χ2v) is 5.48. The topological polar surface area (TPSA) is 63.6 Å². The van der Waals surface area contributed by atoms with Crippen molar-refractivity contribution in [2.75, 3.05) is 0 Å². The fourth-order valence-corrected chi connectivity index (χ4v) is 2.72. The molecule has 0 saturated heterocycles. The highest BCUT2D eigenvalue weighted by Gasteiger charge is 2.12. The normalized spacial score (nSPS) is 11.4. The highest BCUT2D eigenvalue weighted by Crippen LogP contribution is 2.21. The van der Waals surface area contributed by atoms with Crippen LogP contribution in [0.3, 0.4) is 0 Å². The number of H-pyrrole nitrogens is 1. The van der Waals surface area contributed by atoms with Gasteiger partial charge in [-0.15, -0.1) is 0 Å². The van der Waals surface area contributed by atoms with Crippen molar-refractivity contribution in [3.8, 4) is 5.69 Å². The predicted molar refractivity (Wildman–Crippen MR) is 86.5 cm³/mol. The van der Waals surface area contributed by atoms with E-state index in [-0.39, 0.29) is 5.56 Å². The molecule has 0 aliphatic carbocycles. The maximum atomic E-state index is 12.6. The first-order valence-electron chi connectivity index (χ1n) is 7.06. The Morgan fingerprint density at radius 3 is 2.73 bits per heavy atom. The van der Waals surface area contributed by atoms with Gasteiger partial charge in [-0.1, -0.05) is 12.1 Å². The molecule has 0 aliphatic heterocycles. The van der Waals surface area contributed by atoms with Crippen molar-refractivity contribution in [3.63, 3.8) is 0 Å². The molecular formula is C17H14N4O. The monoisotopic (exact) mass is 290 g/mol. The standard InChI is InChI=1S/C17H14N4O/c1-10-3-4-13-15(7-10)19-9-14-16(13)20-21(17(14)22)12-5-6-18-11(2)8-12/h3-9,20H,1-2H3. The van der Waals surface area contributed by atoms with Crippen LogP contribution in [0.25, 0.3) is 27.5 Å². The second kappa shape index (κ2) is 4.53. The van der Waals surface area contributed by atoms with Gasteiger partial charge < -0.3 is 0 Å². The largest absolute Gasteiger partial charge is 0.290 e. The molecule has 0 amide bonds. The zero-order valence-corrected chi connectivity index (χ0v) is 12.3. The molecule has 0 spiro atoms. The van der Waals surface area contributed by atoms with Crippen LogP contribution < -0.4 is 5.56 Å². The molecule has 0 aliphatic rings. The number of aryl methyl sites for hydroxylation is 2. The van der Waals surface area contributed by atoms with Crippen LogP contribution >= 0.6 is 0 Å². The van der Waals surface area contributed by atoms with E-state index in [1.807, 2.05) is 44.2 Å². The van der Waals surface area contributed by atoms with Gasteiger partial charge in [-0.3, -0.25) is 19.9 Å². The van der Waals surface area contributed by atoms with Crippen LogP contribution in [0.1, 0.15) is 11.3 Å². The molecule has 0 saturated carbocycles. The number of rotatable bonds is 1. The van der Waals surface area contributed by atoms with Crippen molar-refractivity contribution >= 4 is 21.8 Å². The average Bonchev–Trinajstić information content (AvgIpc) is 2.84. The van der Waals surface area contributed by atoms with Crippen LogP contribution in [0.5, 0.6) is 0 Å². The van der Waals surface area contributed by atoms with Gasteiger partial charge in [-0.05, 0) is 37.6 Å². The van der Waals surface area contributed by atoms with Crippen molar-refractivity contribution in [1.82, 2.24) is 19.7 Å². The Balaban J connectivity index is 2.08.